The molecular formula is C22H20N4O3. The van der Waals surface area contributed by atoms with Crippen LogP contribution in [0.4, 0.5) is 5.69 Å². The molecule has 0 saturated heterocycles. The van der Waals surface area contributed by atoms with E-state index in [-0.39, 0.29) is 23.7 Å². The predicted molar refractivity (Wildman–Crippen MR) is 109 cm³/mol. The summed E-state index contributed by atoms with van der Waals surface area (Å²) in [5.74, 6) is -2.02. The highest BCUT2D eigenvalue weighted by molar-refractivity contribution is 6.40. The molecule has 0 aliphatic heterocycles. The fourth-order valence-corrected chi connectivity index (χ4v) is 2.60. The second-order valence-electron chi connectivity index (χ2n) is 6.17. The Kier molecular flexibility index (Phi) is 6.67. The van der Waals surface area contributed by atoms with Crippen molar-refractivity contribution in [1.82, 2.24) is 15.6 Å². The number of rotatable bonds is 6. The topological polar surface area (TPSA) is 100 Å². The van der Waals surface area contributed by atoms with Gasteiger partial charge in [-0.1, -0.05) is 48.5 Å². The lowest BCUT2D eigenvalue weighted by Gasteiger charge is -2.11. The number of hydrogen-bond acceptors (Lipinski definition) is 4. The lowest BCUT2D eigenvalue weighted by molar-refractivity contribution is -0.136. The highest BCUT2D eigenvalue weighted by Gasteiger charge is 2.17. The number of amides is 3. The van der Waals surface area contributed by atoms with Crippen LogP contribution in [-0.2, 0) is 22.7 Å². The van der Waals surface area contributed by atoms with E-state index in [1.54, 1.807) is 48.7 Å². The number of aromatic nitrogens is 1. The van der Waals surface area contributed by atoms with Gasteiger partial charge in [0.1, 0.15) is 0 Å². The van der Waals surface area contributed by atoms with Crippen molar-refractivity contribution in [1.29, 1.82) is 0 Å². The molecule has 0 saturated carbocycles. The summed E-state index contributed by atoms with van der Waals surface area (Å²) in [6.07, 6.45) is 1.60. The van der Waals surface area contributed by atoms with Crippen molar-refractivity contribution >= 4 is 23.4 Å². The molecule has 0 bridgehead atoms. The van der Waals surface area contributed by atoms with Crippen molar-refractivity contribution in [2.24, 2.45) is 0 Å². The normalized spacial score (nSPS) is 10.1. The van der Waals surface area contributed by atoms with Gasteiger partial charge in [0.25, 0.3) is 5.91 Å². The summed E-state index contributed by atoms with van der Waals surface area (Å²) in [7, 11) is 0. The fraction of sp³-hybridized carbons (Fsp3) is 0.0909. The van der Waals surface area contributed by atoms with Crippen LogP contribution in [0.3, 0.4) is 0 Å². The number of pyridine rings is 1. The van der Waals surface area contributed by atoms with E-state index in [9.17, 15) is 14.4 Å². The molecule has 7 heteroatoms. The summed E-state index contributed by atoms with van der Waals surface area (Å²) in [6.45, 7) is 0.485. The summed E-state index contributed by atoms with van der Waals surface area (Å²) in [5, 5.41) is 7.80. The Balaban J connectivity index is 1.59. The molecule has 0 aliphatic rings. The maximum atomic E-state index is 12.5. The first kappa shape index (κ1) is 19.8. The third kappa shape index (κ3) is 5.74. The summed E-state index contributed by atoms with van der Waals surface area (Å²) in [6, 6.07) is 21.3. The SMILES string of the molecule is O=C(NCc1ccccn1)C(=O)Nc1ccccc1C(=O)NCc1ccccc1. The fourth-order valence-electron chi connectivity index (χ4n) is 2.60. The predicted octanol–water partition coefficient (Wildman–Crippen LogP) is 2.27. The second-order valence-corrected chi connectivity index (χ2v) is 6.17. The standard InChI is InChI=1S/C22H20N4O3/c27-20(24-14-16-8-2-1-3-9-16)18-11-4-5-12-19(18)26-22(29)21(28)25-15-17-10-6-7-13-23-17/h1-13H,14-15H2,(H,24,27)(H,25,28)(H,26,29). The van der Waals surface area contributed by atoms with Crippen LogP contribution in [-0.4, -0.2) is 22.7 Å². The van der Waals surface area contributed by atoms with E-state index in [4.69, 9.17) is 0 Å². The monoisotopic (exact) mass is 388 g/mol. The number of para-hydroxylation sites is 1. The number of carbonyl (C=O) groups is 3. The van der Waals surface area contributed by atoms with Crippen LogP contribution >= 0.6 is 0 Å². The largest absolute Gasteiger partial charge is 0.348 e. The maximum absolute atomic E-state index is 12.5. The van der Waals surface area contributed by atoms with Crippen LogP contribution in [0.5, 0.6) is 0 Å². The van der Waals surface area contributed by atoms with Crippen LogP contribution in [0.1, 0.15) is 21.6 Å². The van der Waals surface area contributed by atoms with Gasteiger partial charge in [0.2, 0.25) is 0 Å². The number of anilines is 1. The van der Waals surface area contributed by atoms with Crippen molar-refractivity contribution in [2.45, 2.75) is 13.1 Å². The zero-order chi connectivity index (χ0) is 20.5. The smallest absolute Gasteiger partial charge is 0.313 e. The molecule has 3 aromatic rings. The van der Waals surface area contributed by atoms with E-state index in [1.807, 2.05) is 30.3 Å². The highest BCUT2D eigenvalue weighted by atomic mass is 16.2. The van der Waals surface area contributed by atoms with Gasteiger partial charge < -0.3 is 16.0 Å². The van der Waals surface area contributed by atoms with Crippen LogP contribution in [0.25, 0.3) is 0 Å². The molecule has 3 rings (SSSR count). The molecular weight excluding hydrogens is 368 g/mol. The summed E-state index contributed by atoms with van der Waals surface area (Å²) in [5.41, 5.74) is 2.12. The van der Waals surface area contributed by atoms with Gasteiger partial charge >= 0.3 is 11.8 Å². The molecule has 146 valence electrons. The molecule has 7 nitrogen and oxygen atoms in total. The molecule has 0 fully saturated rings. The van der Waals surface area contributed by atoms with E-state index in [1.165, 1.54) is 0 Å². The molecule has 3 N–H and O–H groups in total. The average molecular weight is 388 g/mol. The van der Waals surface area contributed by atoms with E-state index in [0.717, 1.165) is 5.56 Å². The molecule has 0 unspecified atom stereocenters. The molecule has 1 heterocycles. The summed E-state index contributed by atoms with van der Waals surface area (Å²) < 4.78 is 0. The Morgan fingerprint density at radius 2 is 1.45 bits per heavy atom. The van der Waals surface area contributed by atoms with Gasteiger partial charge in [-0.3, -0.25) is 19.4 Å². The number of carbonyl (C=O) groups excluding carboxylic acids is 3. The summed E-state index contributed by atoms with van der Waals surface area (Å²) in [4.78, 5) is 40.9. The Morgan fingerprint density at radius 3 is 2.21 bits per heavy atom. The molecule has 2 aromatic carbocycles. The minimum atomic E-state index is -0.857. The number of hydrogen-bond donors (Lipinski definition) is 3. The minimum Gasteiger partial charge on any atom is -0.348 e. The Bertz CT molecular complexity index is 991. The summed E-state index contributed by atoms with van der Waals surface area (Å²) >= 11 is 0. The molecule has 29 heavy (non-hydrogen) atoms. The second kappa shape index (κ2) is 9.80. The first-order valence-corrected chi connectivity index (χ1v) is 9.04. The van der Waals surface area contributed by atoms with Crippen molar-refractivity contribution < 1.29 is 14.4 Å². The van der Waals surface area contributed by atoms with Crippen molar-refractivity contribution in [3.63, 3.8) is 0 Å². The van der Waals surface area contributed by atoms with Gasteiger partial charge in [0.15, 0.2) is 0 Å². The molecule has 3 amide bonds. The number of nitrogens with zero attached hydrogens (tertiary/aromatic N) is 1. The van der Waals surface area contributed by atoms with Crippen LogP contribution in [0, 0.1) is 0 Å². The molecule has 0 spiro atoms. The minimum absolute atomic E-state index is 0.131. The Labute approximate surface area is 168 Å². The number of nitrogens with one attached hydrogen (secondary N) is 3. The van der Waals surface area contributed by atoms with E-state index in [2.05, 4.69) is 20.9 Å². The van der Waals surface area contributed by atoms with Crippen LogP contribution in [0.2, 0.25) is 0 Å². The van der Waals surface area contributed by atoms with Crippen molar-refractivity contribution in [3.05, 3.63) is 95.8 Å². The van der Waals surface area contributed by atoms with Crippen LogP contribution in [0.15, 0.2) is 79.0 Å². The average Bonchev–Trinajstić information content (AvgIpc) is 2.77. The van der Waals surface area contributed by atoms with E-state index >= 15 is 0 Å². The lowest BCUT2D eigenvalue weighted by Crippen LogP contribution is -2.35. The van der Waals surface area contributed by atoms with Crippen LogP contribution < -0.4 is 16.0 Å². The molecule has 0 aliphatic carbocycles. The number of benzene rings is 2. The molecule has 0 radical (unpaired) electrons. The van der Waals surface area contributed by atoms with Gasteiger partial charge in [0, 0.05) is 12.7 Å². The van der Waals surface area contributed by atoms with E-state index < -0.39 is 11.8 Å². The molecule has 0 atom stereocenters. The lowest BCUT2D eigenvalue weighted by atomic mass is 10.1. The highest BCUT2D eigenvalue weighted by Crippen LogP contribution is 2.15. The molecule has 1 aromatic heterocycles. The van der Waals surface area contributed by atoms with Gasteiger partial charge in [-0.15, -0.1) is 0 Å². The Hall–Kier alpha value is -4.00. The van der Waals surface area contributed by atoms with Gasteiger partial charge in [0.05, 0.1) is 23.5 Å². The van der Waals surface area contributed by atoms with Crippen molar-refractivity contribution in [2.75, 3.05) is 5.32 Å². The van der Waals surface area contributed by atoms with Crippen molar-refractivity contribution in [3.8, 4) is 0 Å². The van der Waals surface area contributed by atoms with E-state index in [0.29, 0.717) is 12.2 Å². The van der Waals surface area contributed by atoms with Gasteiger partial charge in [-0.05, 0) is 29.8 Å². The first-order valence-electron chi connectivity index (χ1n) is 9.04. The van der Waals surface area contributed by atoms with Gasteiger partial charge in [-0.2, -0.15) is 0 Å². The first-order chi connectivity index (χ1) is 14.1. The Morgan fingerprint density at radius 1 is 0.724 bits per heavy atom. The quantitative estimate of drug-likeness (QED) is 0.564. The van der Waals surface area contributed by atoms with Gasteiger partial charge in [-0.25, -0.2) is 0 Å². The zero-order valence-corrected chi connectivity index (χ0v) is 15.6. The third-order valence-corrected chi connectivity index (χ3v) is 4.08. The maximum Gasteiger partial charge on any atom is 0.313 e. The zero-order valence-electron chi connectivity index (χ0n) is 15.6. The third-order valence-electron chi connectivity index (χ3n) is 4.08.